The summed E-state index contributed by atoms with van der Waals surface area (Å²) < 4.78 is 5.26. The minimum atomic E-state index is -0.394. The summed E-state index contributed by atoms with van der Waals surface area (Å²) in [4.78, 5) is 20.4. The molecule has 6 nitrogen and oxygen atoms in total. The second-order valence-corrected chi connectivity index (χ2v) is 5.26. The molecular weight excluding hydrogens is 292 g/mol. The van der Waals surface area contributed by atoms with Crippen LogP contribution in [0, 0.1) is 6.92 Å². The summed E-state index contributed by atoms with van der Waals surface area (Å²) in [6.07, 6.45) is 3.12. The molecule has 0 aliphatic carbocycles. The number of rotatable bonds is 4. The normalized spacial score (nSPS) is 11.9. The van der Waals surface area contributed by atoms with Gasteiger partial charge in [0, 0.05) is 18.0 Å². The summed E-state index contributed by atoms with van der Waals surface area (Å²) in [7, 11) is 0. The second-order valence-electron chi connectivity index (χ2n) is 5.26. The van der Waals surface area contributed by atoms with Crippen molar-refractivity contribution >= 4 is 5.91 Å². The fourth-order valence-corrected chi connectivity index (χ4v) is 2.07. The number of hydrogen-bond donors (Lipinski definition) is 1. The van der Waals surface area contributed by atoms with Crippen LogP contribution in [0.1, 0.15) is 34.8 Å². The monoisotopic (exact) mass is 308 g/mol. The maximum absolute atomic E-state index is 12.1. The number of aryl methyl sites for hydroxylation is 1. The minimum Gasteiger partial charge on any atom is -0.340 e. The van der Waals surface area contributed by atoms with E-state index < -0.39 is 6.04 Å². The van der Waals surface area contributed by atoms with Crippen molar-refractivity contribution in [2.45, 2.75) is 19.9 Å². The Hall–Kier alpha value is -3.02. The Balaban J connectivity index is 1.72. The van der Waals surface area contributed by atoms with Gasteiger partial charge in [0.15, 0.2) is 0 Å². The molecule has 0 radical (unpaired) electrons. The van der Waals surface area contributed by atoms with E-state index in [1.165, 1.54) is 6.20 Å². The Labute approximate surface area is 133 Å². The van der Waals surface area contributed by atoms with E-state index in [0.717, 1.165) is 11.1 Å². The molecule has 1 N–H and O–H groups in total. The van der Waals surface area contributed by atoms with Gasteiger partial charge in [-0.1, -0.05) is 35.0 Å². The topological polar surface area (TPSA) is 80.9 Å². The number of nitrogens with zero attached hydrogens (tertiary/aromatic N) is 3. The highest BCUT2D eigenvalue weighted by Crippen LogP contribution is 2.19. The van der Waals surface area contributed by atoms with Gasteiger partial charge in [-0.25, -0.2) is 0 Å². The molecule has 3 aromatic rings. The quantitative estimate of drug-likeness (QED) is 0.801. The molecule has 1 amide bonds. The van der Waals surface area contributed by atoms with Crippen LogP contribution in [0.25, 0.3) is 11.4 Å². The third-order valence-corrected chi connectivity index (χ3v) is 3.39. The molecule has 0 fully saturated rings. The van der Waals surface area contributed by atoms with Crippen LogP contribution in [-0.2, 0) is 0 Å². The van der Waals surface area contributed by atoms with Crippen molar-refractivity contribution in [2.75, 3.05) is 0 Å². The molecular formula is C17H16N4O2. The standard InChI is InChI=1S/C17H16N4O2/c1-11-5-7-13(8-6-11)15-20-17(23-21-15)12(2)19-16(22)14-4-3-9-18-10-14/h3-10,12H,1-2H3,(H,19,22)/t12-/m1/s1. The highest BCUT2D eigenvalue weighted by atomic mass is 16.5. The zero-order valence-corrected chi connectivity index (χ0v) is 12.9. The zero-order valence-electron chi connectivity index (χ0n) is 12.9. The van der Waals surface area contributed by atoms with Gasteiger partial charge in [-0.3, -0.25) is 9.78 Å². The van der Waals surface area contributed by atoms with Crippen molar-refractivity contribution in [3.8, 4) is 11.4 Å². The summed E-state index contributed by atoms with van der Waals surface area (Å²) in [5.41, 5.74) is 2.52. The molecule has 2 aromatic heterocycles. The maximum Gasteiger partial charge on any atom is 0.253 e. The molecule has 3 rings (SSSR count). The molecule has 0 saturated heterocycles. The molecule has 0 aliphatic heterocycles. The lowest BCUT2D eigenvalue weighted by molar-refractivity contribution is 0.0932. The summed E-state index contributed by atoms with van der Waals surface area (Å²) in [6, 6.07) is 10.8. The molecule has 0 saturated carbocycles. The second kappa shape index (κ2) is 6.39. The van der Waals surface area contributed by atoms with Crippen LogP contribution in [-0.4, -0.2) is 21.0 Å². The Kier molecular flexibility index (Phi) is 4.14. The number of amides is 1. The van der Waals surface area contributed by atoms with Crippen LogP contribution in [0.2, 0.25) is 0 Å². The van der Waals surface area contributed by atoms with Gasteiger partial charge in [-0.2, -0.15) is 4.98 Å². The lowest BCUT2D eigenvalue weighted by Crippen LogP contribution is -2.26. The maximum atomic E-state index is 12.1. The summed E-state index contributed by atoms with van der Waals surface area (Å²) in [5.74, 6) is 0.626. The molecule has 1 aromatic carbocycles. The molecule has 1 atom stereocenters. The van der Waals surface area contributed by atoms with E-state index in [-0.39, 0.29) is 5.91 Å². The van der Waals surface area contributed by atoms with Crippen LogP contribution < -0.4 is 5.32 Å². The van der Waals surface area contributed by atoms with E-state index >= 15 is 0 Å². The Morgan fingerprint density at radius 1 is 1.22 bits per heavy atom. The first-order valence-electron chi connectivity index (χ1n) is 7.25. The first kappa shape index (κ1) is 14.9. The highest BCUT2D eigenvalue weighted by Gasteiger charge is 2.18. The zero-order chi connectivity index (χ0) is 16.2. The first-order chi connectivity index (χ1) is 11.1. The van der Waals surface area contributed by atoms with Gasteiger partial charge < -0.3 is 9.84 Å². The van der Waals surface area contributed by atoms with E-state index in [2.05, 4.69) is 20.4 Å². The molecule has 2 heterocycles. The smallest absolute Gasteiger partial charge is 0.253 e. The number of benzene rings is 1. The number of nitrogens with one attached hydrogen (secondary N) is 1. The highest BCUT2D eigenvalue weighted by molar-refractivity contribution is 5.93. The van der Waals surface area contributed by atoms with Crippen molar-refractivity contribution < 1.29 is 9.32 Å². The predicted octanol–water partition coefficient (Wildman–Crippen LogP) is 2.93. The van der Waals surface area contributed by atoms with E-state index in [1.807, 2.05) is 31.2 Å². The van der Waals surface area contributed by atoms with E-state index in [1.54, 1.807) is 25.3 Å². The number of hydrogen-bond acceptors (Lipinski definition) is 5. The number of pyridine rings is 1. The van der Waals surface area contributed by atoms with Gasteiger partial charge >= 0.3 is 0 Å². The molecule has 0 aliphatic rings. The number of carbonyl (C=O) groups is 1. The van der Waals surface area contributed by atoms with Crippen molar-refractivity contribution in [1.82, 2.24) is 20.4 Å². The van der Waals surface area contributed by atoms with E-state index in [4.69, 9.17) is 4.52 Å². The average molecular weight is 308 g/mol. The Morgan fingerprint density at radius 3 is 2.70 bits per heavy atom. The Morgan fingerprint density at radius 2 is 2.00 bits per heavy atom. The SMILES string of the molecule is Cc1ccc(-c2noc([C@@H](C)NC(=O)c3cccnc3)n2)cc1. The van der Waals surface area contributed by atoms with Gasteiger partial charge in [0.1, 0.15) is 6.04 Å². The van der Waals surface area contributed by atoms with Crippen LogP contribution in [0.15, 0.2) is 53.3 Å². The Bertz CT molecular complexity index is 797. The van der Waals surface area contributed by atoms with Gasteiger partial charge in [-0.05, 0) is 26.0 Å². The summed E-state index contributed by atoms with van der Waals surface area (Å²) in [6.45, 7) is 3.81. The van der Waals surface area contributed by atoms with Crippen molar-refractivity contribution in [3.63, 3.8) is 0 Å². The lowest BCUT2D eigenvalue weighted by Gasteiger charge is -2.09. The van der Waals surface area contributed by atoms with Crippen LogP contribution in [0.5, 0.6) is 0 Å². The van der Waals surface area contributed by atoms with Crippen LogP contribution in [0.3, 0.4) is 0 Å². The van der Waals surface area contributed by atoms with Crippen LogP contribution >= 0.6 is 0 Å². The van der Waals surface area contributed by atoms with Crippen molar-refractivity contribution in [3.05, 3.63) is 65.8 Å². The van der Waals surface area contributed by atoms with Gasteiger partial charge in [0.2, 0.25) is 11.7 Å². The van der Waals surface area contributed by atoms with E-state index in [9.17, 15) is 4.79 Å². The predicted molar refractivity (Wildman–Crippen MR) is 84.6 cm³/mol. The van der Waals surface area contributed by atoms with Gasteiger partial charge in [0.25, 0.3) is 5.91 Å². The summed E-state index contributed by atoms with van der Waals surface area (Å²) >= 11 is 0. The minimum absolute atomic E-state index is 0.235. The fraction of sp³-hybridized carbons (Fsp3) is 0.176. The number of carbonyl (C=O) groups excluding carboxylic acids is 1. The fourth-order valence-electron chi connectivity index (χ4n) is 2.07. The van der Waals surface area contributed by atoms with Crippen molar-refractivity contribution in [2.24, 2.45) is 0 Å². The third kappa shape index (κ3) is 3.42. The van der Waals surface area contributed by atoms with Gasteiger partial charge in [0.05, 0.1) is 5.56 Å². The largest absolute Gasteiger partial charge is 0.340 e. The molecule has 0 bridgehead atoms. The average Bonchev–Trinajstić information content (AvgIpc) is 3.06. The van der Waals surface area contributed by atoms with Crippen molar-refractivity contribution in [1.29, 1.82) is 0 Å². The van der Waals surface area contributed by atoms with Crippen LogP contribution in [0.4, 0.5) is 0 Å². The molecule has 6 heteroatoms. The number of aromatic nitrogens is 3. The first-order valence-corrected chi connectivity index (χ1v) is 7.25. The lowest BCUT2D eigenvalue weighted by atomic mass is 10.1. The third-order valence-electron chi connectivity index (χ3n) is 3.39. The molecule has 116 valence electrons. The van der Waals surface area contributed by atoms with Gasteiger partial charge in [-0.15, -0.1) is 0 Å². The molecule has 0 spiro atoms. The van der Waals surface area contributed by atoms with E-state index in [0.29, 0.717) is 17.3 Å². The molecule has 0 unspecified atom stereocenters. The molecule has 23 heavy (non-hydrogen) atoms. The summed E-state index contributed by atoms with van der Waals surface area (Å²) in [5, 5.41) is 6.78.